The van der Waals surface area contributed by atoms with Gasteiger partial charge in [-0.3, -0.25) is 5.41 Å². The predicted molar refractivity (Wildman–Crippen MR) is 99.8 cm³/mol. The monoisotopic (exact) mass is 330 g/mol. The Labute approximate surface area is 144 Å². The van der Waals surface area contributed by atoms with E-state index in [1.54, 1.807) is 0 Å². The first kappa shape index (κ1) is 15.1. The maximum absolute atomic E-state index is 7.61. The van der Waals surface area contributed by atoms with Gasteiger partial charge in [0.25, 0.3) is 0 Å². The van der Waals surface area contributed by atoms with Crippen molar-refractivity contribution < 1.29 is 0 Å². The van der Waals surface area contributed by atoms with Crippen LogP contribution in [0.25, 0.3) is 22.1 Å². The predicted octanol–water partition coefficient (Wildman–Crippen LogP) is 2.97. The first-order chi connectivity index (χ1) is 12.2. The number of imidazole rings is 2. The van der Waals surface area contributed by atoms with Gasteiger partial charge < -0.3 is 15.3 Å². The van der Waals surface area contributed by atoms with Gasteiger partial charge in [-0.25, -0.2) is 9.97 Å². The summed E-state index contributed by atoms with van der Waals surface area (Å²) in [5, 5.41) is 7.61. The third-order valence-corrected chi connectivity index (χ3v) is 4.21. The summed E-state index contributed by atoms with van der Waals surface area (Å²) >= 11 is 0. The lowest BCUT2D eigenvalue weighted by molar-refractivity contribution is 0.768. The molecule has 0 atom stereocenters. The first-order valence-electron chi connectivity index (χ1n) is 8.04. The number of hydrogen-bond acceptors (Lipinski definition) is 3. The smallest absolute Gasteiger partial charge is 0.122 e. The fourth-order valence-corrected chi connectivity index (χ4v) is 3.05. The van der Waals surface area contributed by atoms with Crippen LogP contribution in [-0.4, -0.2) is 25.4 Å². The lowest BCUT2D eigenvalue weighted by Gasteiger charge is -2.05. The van der Waals surface area contributed by atoms with E-state index in [9.17, 15) is 0 Å². The number of amidine groups is 1. The topological polar surface area (TPSA) is 96.4 Å². The molecule has 4 rings (SSSR count). The quantitative estimate of drug-likeness (QED) is 0.298. The summed E-state index contributed by atoms with van der Waals surface area (Å²) in [5.41, 5.74) is 10.0. The molecular formula is C19H18N6. The van der Waals surface area contributed by atoms with Crippen molar-refractivity contribution in [2.45, 2.75) is 13.0 Å². The van der Waals surface area contributed by atoms with Crippen LogP contribution in [0.1, 0.15) is 17.2 Å². The number of aromatic amines is 1. The van der Waals surface area contributed by atoms with Crippen LogP contribution in [0.2, 0.25) is 0 Å². The van der Waals surface area contributed by atoms with Gasteiger partial charge in [-0.2, -0.15) is 0 Å². The molecule has 0 saturated heterocycles. The van der Waals surface area contributed by atoms with E-state index in [1.807, 2.05) is 48.5 Å². The zero-order chi connectivity index (χ0) is 17.4. The van der Waals surface area contributed by atoms with Crippen LogP contribution in [-0.2, 0) is 13.0 Å². The number of hydrogen-bond donors (Lipinski definition) is 3. The van der Waals surface area contributed by atoms with Crippen LogP contribution in [0.5, 0.6) is 0 Å². The van der Waals surface area contributed by atoms with E-state index < -0.39 is 0 Å². The lowest BCUT2D eigenvalue weighted by atomic mass is 10.2. The van der Waals surface area contributed by atoms with Crippen molar-refractivity contribution in [1.29, 1.82) is 5.41 Å². The second-order valence-electron chi connectivity index (χ2n) is 5.92. The molecule has 0 aliphatic rings. The van der Waals surface area contributed by atoms with Crippen molar-refractivity contribution in [1.82, 2.24) is 19.5 Å². The van der Waals surface area contributed by atoms with E-state index in [4.69, 9.17) is 16.1 Å². The maximum atomic E-state index is 7.61. The van der Waals surface area contributed by atoms with Crippen LogP contribution in [0.4, 0.5) is 0 Å². The highest BCUT2D eigenvalue weighted by Gasteiger charge is 2.13. The molecule has 124 valence electrons. The normalized spacial score (nSPS) is 11.2. The van der Waals surface area contributed by atoms with Crippen molar-refractivity contribution in [3.8, 4) is 0 Å². The van der Waals surface area contributed by atoms with E-state index in [0.29, 0.717) is 18.5 Å². The van der Waals surface area contributed by atoms with Crippen molar-refractivity contribution in [2.75, 3.05) is 0 Å². The SMILES string of the molecule is C=CCn1c(Cc2nc3ccccc3[nH]2)nc2cc(C(=N)N)ccc21. The molecule has 2 aromatic heterocycles. The van der Waals surface area contributed by atoms with Gasteiger partial charge in [0.1, 0.15) is 17.5 Å². The van der Waals surface area contributed by atoms with Gasteiger partial charge in [-0.1, -0.05) is 18.2 Å². The van der Waals surface area contributed by atoms with Crippen LogP contribution in [0.15, 0.2) is 55.1 Å². The molecule has 0 saturated carbocycles. The number of nitrogens with two attached hydrogens (primary N) is 1. The Morgan fingerprint density at radius 2 is 2.04 bits per heavy atom. The Bertz CT molecular complexity index is 1070. The van der Waals surface area contributed by atoms with Gasteiger partial charge in [0.2, 0.25) is 0 Å². The van der Waals surface area contributed by atoms with E-state index in [2.05, 4.69) is 21.1 Å². The summed E-state index contributed by atoms with van der Waals surface area (Å²) in [6.45, 7) is 4.50. The molecule has 6 nitrogen and oxygen atoms in total. The number of nitrogens with one attached hydrogen (secondary N) is 2. The standard InChI is InChI=1S/C19H18N6/c1-2-9-25-16-8-7-12(19(20)21)10-15(16)24-18(25)11-17-22-13-5-3-4-6-14(13)23-17/h2-8,10H,1,9,11H2,(H3,20,21)(H,22,23). The summed E-state index contributed by atoms with van der Waals surface area (Å²) in [6.07, 6.45) is 2.44. The van der Waals surface area contributed by atoms with Crippen LogP contribution in [0.3, 0.4) is 0 Å². The lowest BCUT2D eigenvalue weighted by Crippen LogP contribution is -2.10. The van der Waals surface area contributed by atoms with E-state index in [1.165, 1.54) is 0 Å². The van der Waals surface area contributed by atoms with Crippen LogP contribution in [0, 0.1) is 5.41 Å². The molecule has 0 aliphatic heterocycles. The first-order valence-corrected chi connectivity index (χ1v) is 8.04. The third-order valence-electron chi connectivity index (χ3n) is 4.21. The Morgan fingerprint density at radius 3 is 2.80 bits per heavy atom. The number of rotatable bonds is 5. The minimum Gasteiger partial charge on any atom is -0.384 e. The number of para-hydroxylation sites is 2. The molecule has 2 aromatic carbocycles. The van der Waals surface area contributed by atoms with Crippen molar-refractivity contribution >= 4 is 27.9 Å². The Morgan fingerprint density at radius 1 is 1.20 bits per heavy atom. The zero-order valence-electron chi connectivity index (χ0n) is 13.7. The highest BCUT2D eigenvalue weighted by atomic mass is 15.1. The largest absolute Gasteiger partial charge is 0.384 e. The summed E-state index contributed by atoms with van der Waals surface area (Å²) in [6, 6.07) is 13.6. The number of nitrogens with zero attached hydrogens (tertiary/aromatic N) is 3. The van der Waals surface area contributed by atoms with Crippen molar-refractivity contribution in [2.24, 2.45) is 5.73 Å². The number of nitrogen functional groups attached to an aromatic ring is 1. The van der Waals surface area contributed by atoms with Crippen LogP contribution >= 0.6 is 0 Å². The van der Waals surface area contributed by atoms with Crippen LogP contribution < -0.4 is 5.73 Å². The fraction of sp³-hybridized carbons (Fsp3) is 0.105. The average Bonchev–Trinajstić information content (AvgIpc) is 3.16. The highest BCUT2D eigenvalue weighted by molar-refractivity contribution is 5.98. The molecule has 0 unspecified atom stereocenters. The van der Waals surface area contributed by atoms with E-state index in [-0.39, 0.29) is 5.84 Å². The van der Waals surface area contributed by atoms with Gasteiger partial charge in [-0.05, 0) is 30.3 Å². The molecule has 25 heavy (non-hydrogen) atoms. The second kappa shape index (κ2) is 5.90. The minimum atomic E-state index is 0.0407. The summed E-state index contributed by atoms with van der Waals surface area (Å²) in [7, 11) is 0. The Balaban J connectivity index is 1.80. The molecule has 0 radical (unpaired) electrons. The maximum Gasteiger partial charge on any atom is 0.122 e. The van der Waals surface area contributed by atoms with E-state index >= 15 is 0 Å². The number of allylic oxidation sites excluding steroid dienone is 1. The highest BCUT2D eigenvalue weighted by Crippen LogP contribution is 2.21. The number of fused-ring (bicyclic) bond motifs is 2. The van der Waals surface area contributed by atoms with Gasteiger partial charge in [0.05, 0.1) is 28.5 Å². The van der Waals surface area contributed by atoms with Gasteiger partial charge in [0, 0.05) is 12.1 Å². The molecule has 0 amide bonds. The molecule has 4 N–H and O–H groups in total. The number of H-pyrrole nitrogens is 1. The number of benzene rings is 2. The third kappa shape index (κ3) is 2.67. The molecule has 4 aromatic rings. The summed E-state index contributed by atoms with van der Waals surface area (Å²) < 4.78 is 2.11. The van der Waals surface area contributed by atoms with Crippen molar-refractivity contribution in [3.05, 3.63) is 72.3 Å². The average molecular weight is 330 g/mol. The Hall–Kier alpha value is -3.41. The van der Waals surface area contributed by atoms with Crippen molar-refractivity contribution in [3.63, 3.8) is 0 Å². The summed E-state index contributed by atoms with van der Waals surface area (Å²) in [5.74, 6) is 1.81. The van der Waals surface area contributed by atoms with E-state index in [0.717, 1.165) is 33.7 Å². The number of aromatic nitrogens is 4. The molecular weight excluding hydrogens is 312 g/mol. The molecule has 2 heterocycles. The Kier molecular flexibility index (Phi) is 3.57. The molecule has 6 heteroatoms. The molecule has 0 aliphatic carbocycles. The molecule has 0 spiro atoms. The van der Waals surface area contributed by atoms with Gasteiger partial charge >= 0.3 is 0 Å². The summed E-state index contributed by atoms with van der Waals surface area (Å²) in [4.78, 5) is 12.7. The van der Waals surface area contributed by atoms with Gasteiger partial charge in [-0.15, -0.1) is 6.58 Å². The minimum absolute atomic E-state index is 0.0407. The molecule has 0 bridgehead atoms. The fourth-order valence-electron chi connectivity index (χ4n) is 3.05. The van der Waals surface area contributed by atoms with Gasteiger partial charge in [0.15, 0.2) is 0 Å². The molecule has 0 fully saturated rings. The zero-order valence-corrected chi connectivity index (χ0v) is 13.7. The second-order valence-corrected chi connectivity index (χ2v) is 5.92.